The van der Waals surface area contributed by atoms with E-state index in [0.29, 0.717) is 24.8 Å². The minimum Gasteiger partial charge on any atom is -0.370 e. The smallest absolute Gasteiger partial charge is 0.228 e. The fraction of sp³-hybridized carbons (Fsp3) is 0.538. The Morgan fingerprint density at radius 3 is 2.45 bits per heavy atom. The van der Waals surface area contributed by atoms with Crippen LogP contribution in [0.4, 0.5) is 11.6 Å². The van der Waals surface area contributed by atoms with E-state index in [4.69, 9.17) is 4.52 Å². The molecule has 0 bridgehead atoms. The largest absolute Gasteiger partial charge is 0.370 e. The summed E-state index contributed by atoms with van der Waals surface area (Å²) in [7, 11) is 0. The number of hydrogen-bond donors (Lipinski definition) is 2. The van der Waals surface area contributed by atoms with Gasteiger partial charge in [0.2, 0.25) is 5.89 Å². The highest BCUT2D eigenvalue weighted by Crippen LogP contribution is 2.28. The maximum atomic E-state index is 4.97. The Morgan fingerprint density at radius 1 is 1.10 bits per heavy atom. The molecule has 0 aliphatic heterocycles. The molecule has 7 heteroatoms. The van der Waals surface area contributed by atoms with Crippen molar-refractivity contribution in [2.75, 3.05) is 23.7 Å². The molecule has 2 rings (SSSR count). The first kappa shape index (κ1) is 14.2. The first-order valence-corrected chi connectivity index (χ1v) is 6.80. The van der Waals surface area contributed by atoms with Crippen molar-refractivity contribution in [3.8, 4) is 0 Å². The zero-order chi connectivity index (χ0) is 14.4. The molecular weight excluding hydrogens is 256 g/mol. The molecule has 108 valence electrons. The van der Waals surface area contributed by atoms with Crippen molar-refractivity contribution in [3.63, 3.8) is 0 Å². The van der Waals surface area contributed by atoms with E-state index in [9.17, 15) is 0 Å². The Bertz CT molecular complexity index is 526. The van der Waals surface area contributed by atoms with Crippen LogP contribution in [0, 0.1) is 0 Å². The number of hydrogen-bond acceptors (Lipinski definition) is 7. The lowest BCUT2D eigenvalue weighted by atomic mass is 10.0. The molecule has 0 aromatic carbocycles. The van der Waals surface area contributed by atoms with Crippen LogP contribution in [-0.4, -0.2) is 33.2 Å². The average Bonchev–Trinajstić information content (AvgIpc) is 2.92. The van der Waals surface area contributed by atoms with Gasteiger partial charge in [-0.15, -0.1) is 0 Å². The van der Waals surface area contributed by atoms with Crippen LogP contribution in [0.2, 0.25) is 0 Å². The van der Waals surface area contributed by atoms with Gasteiger partial charge in [-0.3, -0.25) is 0 Å². The van der Waals surface area contributed by atoms with Gasteiger partial charge in [-0.05, 0) is 12.8 Å². The predicted molar refractivity (Wildman–Crippen MR) is 76.8 cm³/mol. The van der Waals surface area contributed by atoms with Crippen LogP contribution < -0.4 is 10.6 Å². The van der Waals surface area contributed by atoms with E-state index in [1.54, 1.807) is 6.33 Å². The molecule has 0 aliphatic rings. The van der Waals surface area contributed by atoms with Crippen molar-refractivity contribution in [2.24, 2.45) is 0 Å². The summed E-state index contributed by atoms with van der Waals surface area (Å²) < 4.78 is 4.97. The Morgan fingerprint density at radius 2 is 1.85 bits per heavy atom. The summed E-state index contributed by atoms with van der Waals surface area (Å²) in [5, 5.41) is 10.2. The zero-order valence-electron chi connectivity index (χ0n) is 12.1. The molecule has 2 heterocycles. The summed E-state index contributed by atoms with van der Waals surface area (Å²) in [5.74, 6) is 2.68. The fourth-order valence-electron chi connectivity index (χ4n) is 1.99. The maximum Gasteiger partial charge on any atom is 0.228 e. The molecular formula is C13H20N6O. The van der Waals surface area contributed by atoms with Crippen LogP contribution in [0.5, 0.6) is 0 Å². The highest BCUT2D eigenvalue weighted by molar-refractivity contribution is 5.58. The SMILES string of the molecule is CCNc1ncnc(NCCc2ncno2)c1C(C)C. The lowest BCUT2D eigenvalue weighted by Crippen LogP contribution is -2.13. The second-order valence-electron chi connectivity index (χ2n) is 4.68. The summed E-state index contributed by atoms with van der Waals surface area (Å²) in [6.07, 6.45) is 3.64. The molecule has 0 saturated heterocycles. The van der Waals surface area contributed by atoms with Crippen LogP contribution in [0.3, 0.4) is 0 Å². The monoisotopic (exact) mass is 276 g/mol. The summed E-state index contributed by atoms with van der Waals surface area (Å²) >= 11 is 0. The highest BCUT2D eigenvalue weighted by Gasteiger charge is 2.14. The number of rotatable bonds is 7. The number of nitrogens with one attached hydrogen (secondary N) is 2. The summed E-state index contributed by atoms with van der Waals surface area (Å²) in [4.78, 5) is 12.6. The van der Waals surface area contributed by atoms with Gasteiger partial charge >= 0.3 is 0 Å². The Balaban J connectivity index is 2.07. The van der Waals surface area contributed by atoms with E-state index < -0.39 is 0 Å². The fourth-order valence-corrected chi connectivity index (χ4v) is 1.99. The second-order valence-corrected chi connectivity index (χ2v) is 4.68. The molecule has 0 radical (unpaired) electrons. The van der Waals surface area contributed by atoms with E-state index in [-0.39, 0.29) is 0 Å². The topological polar surface area (TPSA) is 88.8 Å². The van der Waals surface area contributed by atoms with Gasteiger partial charge in [-0.1, -0.05) is 19.0 Å². The van der Waals surface area contributed by atoms with Crippen molar-refractivity contribution in [1.82, 2.24) is 20.1 Å². The van der Waals surface area contributed by atoms with E-state index in [1.807, 2.05) is 0 Å². The quantitative estimate of drug-likeness (QED) is 0.800. The first-order valence-electron chi connectivity index (χ1n) is 6.80. The molecule has 0 spiro atoms. The highest BCUT2D eigenvalue weighted by atomic mass is 16.5. The van der Waals surface area contributed by atoms with E-state index in [2.05, 4.69) is 51.5 Å². The molecule has 2 aromatic rings. The number of nitrogens with zero attached hydrogens (tertiary/aromatic N) is 4. The lowest BCUT2D eigenvalue weighted by Gasteiger charge is -2.17. The van der Waals surface area contributed by atoms with Crippen LogP contribution in [0.25, 0.3) is 0 Å². The molecule has 0 amide bonds. The summed E-state index contributed by atoms with van der Waals surface area (Å²) in [6.45, 7) is 7.82. The van der Waals surface area contributed by atoms with Crippen molar-refractivity contribution in [1.29, 1.82) is 0 Å². The number of anilines is 2. The van der Waals surface area contributed by atoms with Crippen molar-refractivity contribution in [3.05, 3.63) is 24.1 Å². The molecule has 7 nitrogen and oxygen atoms in total. The molecule has 0 fully saturated rings. The normalized spacial score (nSPS) is 10.8. The van der Waals surface area contributed by atoms with Crippen LogP contribution in [0.1, 0.15) is 38.1 Å². The van der Waals surface area contributed by atoms with E-state index >= 15 is 0 Å². The van der Waals surface area contributed by atoms with Crippen LogP contribution in [-0.2, 0) is 6.42 Å². The maximum absolute atomic E-state index is 4.97. The van der Waals surface area contributed by atoms with Gasteiger partial charge in [-0.2, -0.15) is 4.98 Å². The van der Waals surface area contributed by atoms with Gasteiger partial charge in [0.05, 0.1) is 0 Å². The molecule has 0 aliphatic carbocycles. The average molecular weight is 276 g/mol. The Labute approximate surface area is 118 Å². The summed E-state index contributed by atoms with van der Waals surface area (Å²) in [5.41, 5.74) is 1.10. The third-order valence-electron chi connectivity index (χ3n) is 2.84. The predicted octanol–water partition coefficient (Wildman–Crippen LogP) is 2.07. The van der Waals surface area contributed by atoms with Crippen LogP contribution in [0.15, 0.2) is 17.2 Å². The first-order chi connectivity index (χ1) is 9.72. The van der Waals surface area contributed by atoms with Gasteiger partial charge in [-0.25, -0.2) is 9.97 Å². The van der Waals surface area contributed by atoms with Gasteiger partial charge in [0.1, 0.15) is 18.0 Å². The Kier molecular flexibility index (Phi) is 4.86. The van der Waals surface area contributed by atoms with Crippen LogP contribution >= 0.6 is 0 Å². The second kappa shape index (κ2) is 6.83. The van der Waals surface area contributed by atoms with Gasteiger partial charge in [0.25, 0.3) is 0 Å². The molecule has 2 aromatic heterocycles. The Hall–Kier alpha value is -2.18. The third-order valence-corrected chi connectivity index (χ3v) is 2.84. The molecule has 0 atom stereocenters. The van der Waals surface area contributed by atoms with Gasteiger partial charge in [0, 0.05) is 25.1 Å². The summed E-state index contributed by atoms with van der Waals surface area (Å²) in [6, 6.07) is 0. The molecule has 20 heavy (non-hydrogen) atoms. The lowest BCUT2D eigenvalue weighted by molar-refractivity contribution is 0.379. The van der Waals surface area contributed by atoms with Gasteiger partial charge in [0.15, 0.2) is 6.33 Å². The minimum absolute atomic E-state index is 0.330. The van der Waals surface area contributed by atoms with E-state index in [0.717, 1.165) is 23.7 Å². The minimum atomic E-state index is 0.330. The zero-order valence-corrected chi connectivity index (χ0v) is 12.1. The van der Waals surface area contributed by atoms with Gasteiger partial charge < -0.3 is 15.2 Å². The number of aromatic nitrogens is 4. The van der Waals surface area contributed by atoms with E-state index in [1.165, 1.54) is 6.33 Å². The molecule has 2 N–H and O–H groups in total. The van der Waals surface area contributed by atoms with Crippen molar-refractivity contribution in [2.45, 2.75) is 33.1 Å². The molecule has 0 unspecified atom stereocenters. The van der Waals surface area contributed by atoms with Crippen molar-refractivity contribution >= 4 is 11.6 Å². The van der Waals surface area contributed by atoms with Crippen molar-refractivity contribution < 1.29 is 4.52 Å². The third kappa shape index (κ3) is 3.43. The standard InChI is InChI=1S/C13H20N6O/c1-4-14-12-11(9(2)3)13(18-7-17-12)15-6-5-10-16-8-19-20-10/h7-9H,4-6H2,1-3H3,(H2,14,15,17,18). The molecule has 0 saturated carbocycles.